The number of ether oxygens (including phenoxy) is 1. The van der Waals surface area contributed by atoms with E-state index in [0.29, 0.717) is 24.2 Å². The van der Waals surface area contributed by atoms with Crippen LogP contribution < -0.4 is 4.74 Å². The predicted molar refractivity (Wildman–Crippen MR) is 125 cm³/mol. The molecule has 0 saturated carbocycles. The van der Waals surface area contributed by atoms with Crippen molar-refractivity contribution >= 4 is 5.97 Å². The average molecular weight is 429 g/mol. The molecule has 172 valence electrons. The van der Waals surface area contributed by atoms with E-state index < -0.39 is 11.6 Å². The smallest absolute Gasteiger partial charge is 0.331 e. The van der Waals surface area contributed by atoms with Gasteiger partial charge in [-0.1, -0.05) is 60.0 Å². The molecule has 0 bridgehead atoms. The number of carboxylic acids is 1. The lowest BCUT2D eigenvalue weighted by molar-refractivity contribution is -0.133. The van der Waals surface area contributed by atoms with Crippen LogP contribution in [0.15, 0.2) is 23.8 Å². The second-order valence-electron chi connectivity index (χ2n) is 11.3. The van der Waals surface area contributed by atoms with E-state index in [1.54, 1.807) is 0 Å². The molecular formula is C27H40O4. The fourth-order valence-corrected chi connectivity index (χ4v) is 5.45. The maximum atomic E-state index is 11.6. The van der Waals surface area contributed by atoms with Crippen molar-refractivity contribution in [3.63, 3.8) is 0 Å². The molecule has 1 heterocycles. The Hall–Kier alpha value is -1.97. The fourth-order valence-electron chi connectivity index (χ4n) is 5.45. The van der Waals surface area contributed by atoms with Crippen LogP contribution in [0.5, 0.6) is 11.5 Å². The van der Waals surface area contributed by atoms with Gasteiger partial charge in [-0.25, -0.2) is 4.79 Å². The average Bonchev–Trinajstić information content (AvgIpc) is 2.66. The number of aromatic hydroxyl groups is 1. The van der Waals surface area contributed by atoms with Crippen molar-refractivity contribution in [1.82, 2.24) is 0 Å². The van der Waals surface area contributed by atoms with Crippen LogP contribution in [0.25, 0.3) is 0 Å². The van der Waals surface area contributed by atoms with Gasteiger partial charge in [0.1, 0.15) is 17.1 Å². The molecule has 1 aromatic rings. The summed E-state index contributed by atoms with van der Waals surface area (Å²) >= 11 is 0. The van der Waals surface area contributed by atoms with Gasteiger partial charge >= 0.3 is 5.97 Å². The Labute approximate surface area is 187 Å². The van der Waals surface area contributed by atoms with E-state index in [1.807, 2.05) is 12.1 Å². The number of phenols is 1. The number of rotatable bonds is 7. The summed E-state index contributed by atoms with van der Waals surface area (Å²) < 4.78 is 6.48. The lowest BCUT2D eigenvalue weighted by Crippen LogP contribution is -2.46. The summed E-state index contributed by atoms with van der Waals surface area (Å²) in [5.74, 6) is 0.172. The third-order valence-corrected chi connectivity index (χ3v) is 8.39. The van der Waals surface area contributed by atoms with Gasteiger partial charge in [-0.15, -0.1) is 0 Å². The molecule has 1 aliphatic carbocycles. The molecule has 4 heteroatoms. The van der Waals surface area contributed by atoms with Crippen LogP contribution in [0.1, 0.15) is 104 Å². The van der Waals surface area contributed by atoms with E-state index in [-0.39, 0.29) is 28.4 Å². The Balaban J connectivity index is 2.03. The molecule has 2 atom stereocenters. The van der Waals surface area contributed by atoms with E-state index in [9.17, 15) is 15.0 Å². The maximum Gasteiger partial charge on any atom is 0.331 e. The lowest BCUT2D eigenvalue weighted by atomic mass is 9.61. The summed E-state index contributed by atoms with van der Waals surface area (Å²) in [6.45, 7) is 15.5. The van der Waals surface area contributed by atoms with Crippen LogP contribution in [-0.2, 0) is 10.2 Å². The molecule has 4 nitrogen and oxygen atoms in total. The van der Waals surface area contributed by atoms with Gasteiger partial charge in [0.2, 0.25) is 0 Å². The van der Waals surface area contributed by atoms with Gasteiger partial charge in [-0.2, -0.15) is 0 Å². The van der Waals surface area contributed by atoms with Crippen molar-refractivity contribution in [3.8, 4) is 11.5 Å². The van der Waals surface area contributed by atoms with Crippen LogP contribution in [0.3, 0.4) is 0 Å². The number of carboxylic acid groups (broad SMARTS) is 1. The van der Waals surface area contributed by atoms with Gasteiger partial charge in [0.05, 0.1) is 0 Å². The first-order valence-corrected chi connectivity index (χ1v) is 11.8. The fraction of sp³-hybridized carbons (Fsp3) is 0.667. The first-order valence-electron chi connectivity index (χ1n) is 11.8. The monoisotopic (exact) mass is 428 g/mol. The molecule has 0 fully saturated rings. The van der Waals surface area contributed by atoms with E-state index in [4.69, 9.17) is 4.74 Å². The molecule has 0 unspecified atom stereocenters. The molecule has 1 aliphatic heterocycles. The molecule has 0 saturated heterocycles. The molecule has 2 aliphatic rings. The quantitative estimate of drug-likeness (QED) is 0.461. The number of hydrogen-bond donors (Lipinski definition) is 2. The van der Waals surface area contributed by atoms with E-state index in [1.165, 1.54) is 19.3 Å². The van der Waals surface area contributed by atoms with Crippen LogP contribution in [0, 0.1) is 11.3 Å². The predicted octanol–water partition coefficient (Wildman–Crippen LogP) is 6.95. The molecular weight excluding hydrogens is 388 g/mol. The van der Waals surface area contributed by atoms with Gasteiger partial charge in [0.25, 0.3) is 0 Å². The van der Waals surface area contributed by atoms with Gasteiger partial charge in [-0.3, -0.25) is 0 Å². The highest BCUT2D eigenvalue weighted by Crippen LogP contribution is 2.56. The Bertz CT molecular complexity index is 875. The van der Waals surface area contributed by atoms with Crippen molar-refractivity contribution in [1.29, 1.82) is 0 Å². The number of fused-ring (bicyclic) bond motifs is 3. The Morgan fingerprint density at radius 2 is 1.87 bits per heavy atom. The van der Waals surface area contributed by atoms with Crippen molar-refractivity contribution in [3.05, 3.63) is 34.9 Å². The molecule has 0 aromatic heterocycles. The summed E-state index contributed by atoms with van der Waals surface area (Å²) in [4.78, 5) is 11.6. The molecule has 0 spiro atoms. The minimum atomic E-state index is -0.865. The minimum Gasteiger partial charge on any atom is -0.508 e. The van der Waals surface area contributed by atoms with Crippen molar-refractivity contribution in [2.75, 3.05) is 0 Å². The van der Waals surface area contributed by atoms with E-state index in [2.05, 4.69) is 54.5 Å². The zero-order valence-corrected chi connectivity index (χ0v) is 20.3. The normalized spacial score (nSPS) is 22.7. The summed E-state index contributed by atoms with van der Waals surface area (Å²) in [5.41, 5.74) is 1.76. The highest BCUT2D eigenvalue weighted by molar-refractivity contribution is 5.87. The number of aliphatic carboxylic acids is 1. The Morgan fingerprint density at radius 1 is 1.19 bits per heavy atom. The van der Waals surface area contributed by atoms with Crippen molar-refractivity contribution < 1.29 is 19.7 Å². The second kappa shape index (κ2) is 8.18. The zero-order chi connectivity index (χ0) is 23.2. The van der Waals surface area contributed by atoms with Gasteiger partial charge < -0.3 is 14.9 Å². The van der Waals surface area contributed by atoms with Crippen LogP contribution in [0.2, 0.25) is 0 Å². The first-order chi connectivity index (χ1) is 14.3. The summed E-state index contributed by atoms with van der Waals surface area (Å²) in [5, 5.41) is 20.7. The number of allylic oxidation sites excluding steroid dienone is 1. The SMILES string of the molecule is CCCCCC(C)(C)C(C)(C)c1cc(O)c2c(c1)OC(C)(C)[C@@H]1CC=C(C(=O)O)C[C@@H]21. The number of carbonyl (C=O) groups is 1. The topological polar surface area (TPSA) is 66.8 Å². The van der Waals surface area contributed by atoms with Crippen LogP contribution in [0.4, 0.5) is 0 Å². The minimum absolute atomic E-state index is 0.0513. The summed E-state index contributed by atoms with van der Waals surface area (Å²) in [7, 11) is 0. The van der Waals surface area contributed by atoms with Gasteiger partial charge in [0, 0.05) is 23.0 Å². The van der Waals surface area contributed by atoms with Crippen molar-refractivity contribution in [2.24, 2.45) is 11.3 Å². The molecule has 31 heavy (non-hydrogen) atoms. The van der Waals surface area contributed by atoms with Gasteiger partial charge in [-0.05, 0) is 61.6 Å². The Morgan fingerprint density at radius 3 is 2.48 bits per heavy atom. The largest absolute Gasteiger partial charge is 0.508 e. The van der Waals surface area contributed by atoms with Crippen LogP contribution in [-0.4, -0.2) is 21.8 Å². The molecule has 1 aromatic carbocycles. The number of phenolic OH excluding ortho intramolecular Hbond substituents is 1. The molecule has 3 rings (SSSR count). The molecule has 0 amide bonds. The Kier molecular flexibility index (Phi) is 6.25. The standard InChI is InChI=1S/C27H40O4/c1-8-9-10-13-25(2,3)26(4,5)18-15-21(28)23-19-14-17(24(29)30)11-12-20(19)27(6,7)31-22(23)16-18/h11,15-16,19-20,28H,8-10,12-14H2,1-7H3,(H,29,30)/t19-,20-/m1/s1. The maximum absolute atomic E-state index is 11.6. The summed E-state index contributed by atoms with van der Waals surface area (Å²) in [6, 6.07) is 4.01. The van der Waals surface area contributed by atoms with E-state index in [0.717, 1.165) is 17.5 Å². The zero-order valence-electron chi connectivity index (χ0n) is 20.3. The highest BCUT2D eigenvalue weighted by Gasteiger charge is 2.48. The van der Waals surface area contributed by atoms with Crippen molar-refractivity contribution in [2.45, 2.75) is 104 Å². The number of benzene rings is 1. The first kappa shape index (κ1) is 23.7. The lowest BCUT2D eigenvalue weighted by Gasteiger charge is -2.48. The molecule has 0 radical (unpaired) electrons. The number of hydrogen-bond acceptors (Lipinski definition) is 3. The van der Waals surface area contributed by atoms with Gasteiger partial charge in [0.15, 0.2) is 0 Å². The van der Waals surface area contributed by atoms with Crippen LogP contribution >= 0.6 is 0 Å². The third-order valence-electron chi connectivity index (χ3n) is 8.39. The second-order valence-corrected chi connectivity index (χ2v) is 11.3. The van der Waals surface area contributed by atoms with E-state index >= 15 is 0 Å². The molecule has 2 N–H and O–H groups in total. The number of unbranched alkanes of at least 4 members (excludes halogenated alkanes) is 2. The highest BCUT2D eigenvalue weighted by atomic mass is 16.5. The third kappa shape index (κ3) is 4.23. The summed E-state index contributed by atoms with van der Waals surface area (Å²) in [6.07, 6.45) is 7.65.